The van der Waals surface area contributed by atoms with Crippen LogP contribution in [0.5, 0.6) is 0 Å². The zero-order chi connectivity index (χ0) is 18.7. The Morgan fingerprint density at radius 2 is 1.81 bits per heavy atom. The number of rotatable bonds is 4. The normalized spacial score (nSPS) is 20.8. The summed E-state index contributed by atoms with van der Waals surface area (Å²) >= 11 is 18.0. The molecule has 2 unspecified atom stereocenters. The van der Waals surface area contributed by atoms with Crippen molar-refractivity contribution in [1.82, 2.24) is 4.90 Å². The highest BCUT2D eigenvalue weighted by molar-refractivity contribution is 6.44. The molecule has 2 aromatic carbocycles. The second-order valence-electron chi connectivity index (χ2n) is 6.33. The molecular weight excluding hydrogens is 395 g/mol. The predicted molar refractivity (Wildman–Crippen MR) is 106 cm³/mol. The fraction of sp³-hybridized carbons (Fsp3) is 0.316. The fourth-order valence-corrected chi connectivity index (χ4v) is 3.63. The molecule has 1 saturated heterocycles. The quantitative estimate of drug-likeness (QED) is 0.713. The molecule has 1 amide bonds. The first-order valence-corrected chi connectivity index (χ1v) is 9.43. The molecule has 0 bridgehead atoms. The Morgan fingerprint density at radius 3 is 2.54 bits per heavy atom. The fourth-order valence-electron chi connectivity index (χ4n) is 3.03. The Labute approximate surface area is 168 Å². The Hall–Kier alpha value is -1.30. The van der Waals surface area contributed by atoms with Crippen LogP contribution >= 0.6 is 34.8 Å². The molecule has 1 heterocycles. The molecule has 4 nitrogen and oxygen atoms in total. The van der Waals surface area contributed by atoms with Crippen LogP contribution in [0, 0.1) is 0 Å². The third kappa shape index (κ3) is 4.90. The van der Waals surface area contributed by atoms with Crippen LogP contribution in [0.4, 0.5) is 5.69 Å². The highest BCUT2D eigenvalue weighted by Gasteiger charge is 2.27. The van der Waals surface area contributed by atoms with Crippen LogP contribution in [-0.4, -0.2) is 36.5 Å². The predicted octanol–water partition coefficient (Wildman–Crippen LogP) is 5.05. The van der Waals surface area contributed by atoms with E-state index in [4.69, 9.17) is 39.5 Å². The monoisotopic (exact) mass is 412 g/mol. The molecule has 2 atom stereocenters. The van der Waals surface area contributed by atoms with Gasteiger partial charge in [0.2, 0.25) is 5.91 Å². The minimum absolute atomic E-state index is 0.0373. The number of anilines is 1. The molecule has 1 aliphatic heterocycles. The van der Waals surface area contributed by atoms with E-state index in [0.717, 1.165) is 5.56 Å². The Kier molecular flexibility index (Phi) is 6.43. The lowest BCUT2D eigenvalue weighted by Gasteiger charge is -2.36. The molecule has 0 saturated carbocycles. The number of benzene rings is 2. The van der Waals surface area contributed by atoms with E-state index < -0.39 is 0 Å². The number of morpholine rings is 1. The number of hydrogen-bond acceptors (Lipinski definition) is 3. The lowest BCUT2D eigenvalue weighted by molar-refractivity contribution is -0.122. The molecule has 138 valence electrons. The van der Waals surface area contributed by atoms with E-state index in [1.807, 2.05) is 37.3 Å². The van der Waals surface area contributed by atoms with Gasteiger partial charge in [0.05, 0.1) is 39.5 Å². The maximum Gasteiger partial charge on any atom is 0.238 e. The van der Waals surface area contributed by atoms with Crippen molar-refractivity contribution in [2.45, 2.75) is 19.1 Å². The molecule has 0 aliphatic carbocycles. The number of hydrogen-bond donors (Lipinski definition) is 1. The van der Waals surface area contributed by atoms with Crippen LogP contribution in [0.1, 0.15) is 18.6 Å². The number of nitrogens with zero attached hydrogens (tertiary/aromatic N) is 1. The number of carbonyl (C=O) groups is 1. The van der Waals surface area contributed by atoms with Crippen molar-refractivity contribution in [2.75, 3.05) is 25.0 Å². The summed E-state index contributed by atoms with van der Waals surface area (Å²) in [6.45, 7) is 3.59. The topological polar surface area (TPSA) is 41.6 Å². The third-order valence-corrected chi connectivity index (χ3v) is 5.19. The van der Waals surface area contributed by atoms with Crippen LogP contribution < -0.4 is 5.32 Å². The summed E-state index contributed by atoms with van der Waals surface area (Å²) in [6.07, 6.45) is -0.0170. The Balaban J connectivity index is 1.64. The van der Waals surface area contributed by atoms with Gasteiger partial charge in [-0.3, -0.25) is 9.69 Å². The van der Waals surface area contributed by atoms with Crippen molar-refractivity contribution in [1.29, 1.82) is 0 Å². The van der Waals surface area contributed by atoms with Gasteiger partial charge in [-0.25, -0.2) is 0 Å². The maximum atomic E-state index is 12.5. The molecule has 1 N–H and O–H groups in total. The van der Waals surface area contributed by atoms with Crippen molar-refractivity contribution >= 4 is 46.4 Å². The van der Waals surface area contributed by atoms with Gasteiger partial charge in [-0.2, -0.15) is 0 Å². The molecular formula is C19H19Cl3N2O2. The first kappa shape index (κ1) is 19.5. The van der Waals surface area contributed by atoms with Crippen molar-refractivity contribution < 1.29 is 9.53 Å². The summed E-state index contributed by atoms with van der Waals surface area (Å²) in [6, 6.07) is 13.1. The van der Waals surface area contributed by atoms with Crippen LogP contribution in [0.3, 0.4) is 0 Å². The molecule has 26 heavy (non-hydrogen) atoms. The van der Waals surface area contributed by atoms with Crippen LogP contribution in [0.25, 0.3) is 0 Å². The summed E-state index contributed by atoms with van der Waals surface area (Å²) in [4.78, 5) is 14.5. The number of halogens is 3. The maximum absolute atomic E-state index is 12.5. The molecule has 0 spiro atoms. The van der Waals surface area contributed by atoms with Crippen molar-refractivity contribution in [3.05, 3.63) is 63.1 Å². The number of amides is 1. The second-order valence-corrected chi connectivity index (χ2v) is 7.56. The molecule has 7 heteroatoms. The minimum atomic E-state index is -0.161. The summed E-state index contributed by atoms with van der Waals surface area (Å²) in [7, 11) is 0. The Bertz CT molecular complexity index is 786. The zero-order valence-electron chi connectivity index (χ0n) is 14.2. The SMILES string of the molecule is CC1CN(CC(=O)Nc2cc(Cl)c(Cl)cc2Cl)CC(c2ccccc2)O1. The van der Waals surface area contributed by atoms with E-state index in [2.05, 4.69) is 10.2 Å². The molecule has 1 aliphatic rings. The molecule has 1 fully saturated rings. The summed E-state index contributed by atoms with van der Waals surface area (Å²) in [5.74, 6) is -0.161. The van der Waals surface area contributed by atoms with Gasteiger partial charge < -0.3 is 10.1 Å². The van der Waals surface area contributed by atoms with E-state index in [1.165, 1.54) is 6.07 Å². The van der Waals surface area contributed by atoms with E-state index in [1.54, 1.807) is 6.07 Å². The lowest BCUT2D eigenvalue weighted by atomic mass is 10.1. The van der Waals surface area contributed by atoms with Crippen molar-refractivity contribution in [3.8, 4) is 0 Å². The van der Waals surface area contributed by atoms with Gasteiger partial charge in [-0.05, 0) is 24.6 Å². The summed E-state index contributed by atoms with van der Waals surface area (Å²) in [5, 5.41) is 3.84. The van der Waals surface area contributed by atoms with Gasteiger partial charge in [0.15, 0.2) is 0 Å². The minimum Gasteiger partial charge on any atom is -0.368 e. The van der Waals surface area contributed by atoms with E-state index in [0.29, 0.717) is 33.8 Å². The van der Waals surface area contributed by atoms with Crippen LogP contribution in [0.2, 0.25) is 15.1 Å². The van der Waals surface area contributed by atoms with Crippen molar-refractivity contribution in [2.24, 2.45) is 0 Å². The number of nitrogens with one attached hydrogen (secondary N) is 1. The van der Waals surface area contributed by atoms with Gasteiger partial charge in [0, 0.05) is 13.1 Å². The van der Waals surface area contributed by atoms with Crippen molar-refractivity contribution in [3.63, 3.8) is 0 Å². The first-order valence-electron chi connectivity index (χ1n) is 8.29. The average molecular weight is 414 g/mol. The molecule has 2 aromatic rings. The largest absolute Gasteiger partial charge is 0.368 e. The van der Waals surface area contributed by atoms with Crippen LogP contribution in [-0.2, 0) is 9.53 Å². The van der Waals surface area contributed by atoms with Gasteiger partial charge in [0.25, 0.3) is 0 Å². The van der Waals surface area contributed by atoms with E-state index >= 15 is 0 Å². The Morgan fingerprint density at radius 1 is 1.12 bits per heavy atom. The average Bonchev–Trinajstić information content (AvgIpc) is 2.60. The number of carbonyl (C=O) groups excluding carboxylic acids is 1. The standard InChI is InChI=1S/C19H19Cl3N2O2/c1-12-9-24(10-18(26-12)13-5-3-2-4-6-13)11-19(25)23-17-8-15(21)14(20)7-16(17)22/h2-8,12,18H,9-11H2,1H3,(H,23,25). The highest BCUT2D eigenvalue weighted by atomic mass is 35.5. The summed E-state index contributed by atoms with van der Waals surface area (Å²) in [5.41, 5.74) is 1.56. The van der Waals surface area contributed by atoms with Gasteiger partial charge in [-0.15, -0.1) is 0 Å². The number of ether oxygens (including phenoxy) is 1. The van der Waals surface area contributed by atoms with Gasteiger partial charge in [-0.1, -0.05) is 65.1 Å². The van der Waals surface area contributed by atoms with Crippen LogP contribution in [0.15, 0.2) is 42.5 Å². The van der Waals surface area contributed by atoms with E-state index in [9.17, 15) is 4.79 Å². The summed E-state index contributed by atoms with van der Waals surface area (Å²) < 4.78 is 6.02. The van der Waals surface area contributed by atoms with Gasteiger partial charge >= 0.3 is 0 Å². The highest BCUT2D eigenvalue weighted by Crippen LogP contribution is 2.32. The molecule has 3 rings (SSSR count). The molecule has 0 aromatic heterocycles. The smallest absolute Gasteiger partial charge is 0.238 e. The van der Waals surface area contributed by atoms with E-state index in [-0.39, 0.29) is 24.7 Å². The third-order valence-electron chi connectivity index (χ3n) is 4.16. The van der Waals surface area contributed by atoms with Gasteiger partial charge in [0.1, 0.15) is 0 Å². The first-order chi connectivity index (χ1) is 12.4. The molecule has 0 radical (unpaired) electrons. The second kappa shape index (κ2) is 8.59. The zero-order valence-corrected chi connectivity index (χ0v) is 16.5. The lowest BCUT2D eigenvalue weighted by Crippen LogP contribution is -2.46.